The summed E-state index contributed by atoms with van der Waals surface area (Å²) in [6, 6.07) is 18.3. The number of rotatable bonds is 6. The number of carbonyl (C=O) groups excluding carboxylic acids is 1. The average molecular weight is 334 g/mol. The molecule has 0 saturated heterocycles. The van der Waals surface area contributed by atoms with Gasteiger partial charge < -0.3 is 4.74 Å². The molecule has 1 aliphatic carbocycles. The van der Waals surface area contributed by atoms with Crippen molar-refractivity contribution in [1.29, 1.82) is 0 Å². The van der Waals surface area contributed by atoms with Gasteiger partial charge in [0.1, 0.15) is 5.75 Å². The Labute approximate surface area is 150 Å². The molecule has 1 fully saturated rings. The van der Waals surface area contributed by atoms with Crippen LogP contribution in [-0.2, 0) is 4.79 Å². The largest absolute Gasteiger partial charge is 0.494 e. The third kappa shape index (κ3) is 4.60. The summed E-state index contributed by atoms with van der Waals surface area (Å²) in [5.41, 5.74) is 2.38. The van der Waals surface area contributed by atoms with Crippen molar-refractivity contribution in [2.75, 3.05) is 6.61 Å². The van der Waals surface area contributed by atoms with E-state index >= 15 is 0 Å². The molecule has 0 aliphatic heterocycles. The number of carbonyl (C=O) groups is 1. The molecule has 0 atom stereocenters. The van der Waals surface area contributed by atoms with Crippen molar-refractivity contribution < 1.29 is 9.53 Å². The van der Waals surface area contributed by atoms with Crippen LogP contribution in [0.3, 0.4) is 0 Å². The van der Waals surface area contributed by atoms with E-state index < -0.39 is 0 Å². The Hall–Kier alpha value is -2.35. The Bertz CT molecular complexity index is 710. The summed E-state index contributed by atoms with van der Waals surface area (Å²) < 4.78 is 5.77. The first kappa shape index (κ1) is 17.5. The van der Waals surface area contributed by atoms with Crippen molar-refractivity contribution in [2.24, 2.45) is 5.92 Å². The van der Waals surface area contributed by atoms with Crippen LogP contribution in [0.25, 0.3) is 6.08 Å². The van der Waals surface area contributed by atoms with Gasteiger partial charge in [-0.1, -0.05) is 54.6 Å². The fraction of sp³-hybridized carbons (Fsp3) is 0.348. The smallest absolute Gasteiger partial charge is 0.158 e. The number of hydrogen-bond donors (Lipinski definition) is 0. The molecular formula is C23H26O2. The van der Waals surface area contributed by atoms with Gasteiger partial charge in [0.2, 0.25) is 0 Å². The van der Waals surface area contributed by atoms with Gasteiger partial charge in [-0.2, -0.15) is 0 Å². The van der Waals surface area contributed by atoms with Gasteiger partial charge in [-0.15, -0.1) is 0 Å². The highest BCUT2D eigenvalue weighted by atomic mass is 16.5. The molecule has 0 unspecified atom stereocenters. The monoisotopic (exact) mass is 334 g/mol. The first-order valence-electron chi connectivity index (χ1n) is 9.26. The Morgan fingerprint density at radius 1 is 1.00 bits per heavy atom. The molecule has 0 spiro atoms. The lowest BCUT2D eigenvalue weighted by Gasteiger charge is -2.28. The molecule has 25 heavy (non-hydrogen) atoms. The highest BCUT2D eigenvalue weighted by Crippen LogP contribution is 2.39. The molecule has 2 aromatic carbocycles. The number of ether oxygens (including phenoxy) is 1. The molecule has 1 aliphatic rings. The first-order chi connectivity index (χ1) is 12.3. The standard InChI is InChI=1S/C23H26O2/c1-2-25-23-11-7-6-10-21(23)19-13-15-20(16-14-19)22(24)17-12-18-8-4-3-5-9-18/h3-12,17,19-20H,2,13-16H2,1H3/b17-12+. The van der Waals surface area contributed by atoms with Gasteiger partial charge in [0, 0.05) is 5.92 Å². The zero-order valence-corrected chi connectivity index (χ0v) is 14.9. The van der Waals surface area contributed by atoms with E-state index in [1.54, 1.807) is 6.08 Å². The molecule has 2 nitrogen and oxygen atoms in total. The van der Waals surface area contributed by atoms with Gasteiger partial charge in [0.05, 0.1) is 6.61 Å². The van der Waals surface area contributed by atoms with E-state index in [2.05, 4.69) is 18.2 Å². The van der Waals surface area contributed by atoms with Crippen LogP contribution in [0.2, 0.25) is 0 Å². The fourth-order valence-electron chi connectivity index (χ4n) is 3.67. The minimum atomic E-state index is 0.162. The summed E-state index contributed by atoms with van der Waals surface area (Å²) in [5, 5.41) is 0. The summed E-state index contributed by atoms with van der Waals surface area (Å²) in [6.07, 6.45) is 7.72. The summed E-state index contributed by atoms with van der Waals surface area (Å²) in [7, 11) is 0. The van der Waals surface area contributed by atoms with Gasteiger partial charge in [0.15, 0.2) is 5.78 Å². The summed E-state index contributed by atoms with van der Waals surface area (Å²) in [5.74, 6) is 1.93. The van der Waals surface area contributed by atoms with Crippen LogP contribution in [0.4, 0.5) is 0 Å². The van der Waals surface area contributed by atoms with E-state index in [-0.39, 0.29) is 11.7 Å². The first-order valence-corrected chi connectivity index (χ1v) is 9.26. The molecule has 0 amide bonds. The zero-order chi connectivity index (χ0) is 17.5. The third-order valence-corrected chi connectivity index (χ3v) is 5.03. The van der Waals surface area contributed by atoms with E-state index in [0.717, 1.165) is 37.0 Å². The van der Waals surface area contributed by atoms with Crippen molar-refractivity contribution in [3.63, 3.8) is 0 Å². The lowest BCUT2D eigenvalue weighted by Crippen LogP contribution is -2.20. The maximum atomic E-state index is 12.5. The SMILES string of the molecule is CCOc1ccccc1C1CCC(C(=O)/C=C/c2ccccc2)CC1. The lowest BCUT2D eigenvalue weighted by molar-refractivity contribution is -0.119. The summed E-state index contributed by atoms with van der Waals surface area (Å²) >= 11 is 0. The molecule has 3 rings (SSSR count). The number of hydrogen-bond acceptors (Lipinski definition) is 2. The van der Waals surface area contributed by atoms with Gasteiger partial charge in [-0.05, 0) is 61.8 Å². The van der Waals surface area contributed by atoms with Crippen molar-refractivity contribution in [3.8, 4) is 5.75 Å². The molecule has 0 radical (unpaired) electrons. The van der Waals surface area contributed by atoms with Crippen LogP contribution < -0.4 is 4.74 Å². The predicted octanol–water partition coefficient (Wildman–Crippen LogP) is 5.64. The maximum absolute atomic E-state index is 12.5. The minimum Gasteiger partial charge on any atom is -0.494 e. The summed E-state index contributed by atoms with van der Waals surface area (Å²) in [6.45, 7) is 2.71. The van der Waals surface area contributed by atoms with Crippen molar-refractivity contribution in [2.45, 2.75) is 38.5 Å². The maximum Gasteiger partial charge on any atom is 0.158 e. The Balaban J connectivity index is 1.58. The zero-order valence-electron chi connectivity index (χ0n) is 14.9. The Morgan fingerprint density at radius 2 is 1.68 bits per heavy atom. The molecule has 130 valence electrons. The van der Waals surface area contributed by atoms with Gasteiger partial charge >= 0.3 is 0 Å². The number of para-hydroxylation sites is 1. The average Bonchev–Trinajstić information content (AvgIpc) is 2.68. The quantitative estimate of drug-likeness (QED) is 0.639. The van der Waals surface area contributed by atoms with Crippen LogP contribution in [0.1, 0.15) is 49.7 Å². The van der Waals surface area contributed by atoms with E-state index in [1.165, 1.54) is 5.56 Å². The van der Waals surface area contributed by atoms with E-state index in [4.69, 9.17) is 4.74 Å². The van der Waals surface area contributed by atoms with Crippen molar-refractivity contribution >= 4 is 11.9 Å². The van der Waals surface area contributed by atoms with Crippen molar-refractivity contribution in [3.05, 3.63) is 71.8 Å². The van der Waals surface area contributed by atoms with Crippen molar-refractivity contribution in [1.82, 2.24) is 0 Å². The van der Waals surface area contributed by atoms with Gasteiger partial charge in [-0.3, -0.25) is 4.79 Å². The van der Waals surface area contributed by atoms with E-state index in [1.807, 2.05) is 49.4 Å². The molecule has 2 heteroatoms. The van der Waals surface area contributed by atoms with Gasteiger partial charge in [0.25, 0.3) is 0 Å². The molecular weight excluding hydrogens is 308 g/mol. The van der Waals surface area contributed by atoms with Crippen LogP contribution in [0, 0.1) is 5.92 Å². The Morgan fingerprint density at radius 3 is 2.40 bits per heavy atom. The van der Waals surface area contributed by atoms with Crippen LogP contribution in [0.5, 0.6) is 5.75 Å². The van der Waals surface area contributed by atoms with Crippen LogP contribution >= 0.6 is 0 Å². The number of allylic oxidation sites excluding steroid dienone is 1. The topological polar surface area (TPSA) is 26.3 Å². The molecule has 0 N–H and O–H groups in total. The lowest BCUT2D eigenvalue weighted by atomic mass is 9.77. The molecule has 0 aromatic heterocycles. The fourth-order valence-corrected chi connectivity index (χ4v) is 3.67. The number of ketones is 1. The summed E-state index contributed by atoms with van der Waals surface area (Å²) in [4.78, 5) is 12.5. The van der Waals surface area contributed by atoms with E-state index in [9.17, 15) is 4.79 Å². The van der Waals surface area contributed by atoms with Gasteiger partial charge in [-0.25, -0.2) is 0 Å². The highest BCUT2D eigenvalue weighted by molar-refractivity contribution is 5.95. The Kier molecular flexibility index (Phi) is 6.05. The number of benzene rings is 2. The molecule has 2 aromatic rings. The normalized spacial score (nSPS) is 20.5. The molecule has 0 heterocycles. The van der Waals surface area contributed by atoms with E-state index in [0.29, 0.717) is 12.5 Å². The third-order valence-electron chi connectivity index (χ3n) is 5.03. The van der Waals surface area contributed by atoms with Crippen LogP contribution in [-0.4, -0.2) is 12.4 Å². The second-order valence-corrected chi connectivity index (χ2v) is 6.67. The molecule has 0 bridgehead atoms. The molecule has 1 saturated carbocycles. The second-order valence-electron chi connectivity index (χ2n) is 6.67. The minimum absolute atomic E-state index is 0.162. The van der Waals surface area contributed by atoms with Crippen LogP contribution in [0.15, 0.2) is 60.7 Å². The predicted molar refractivity (Wildman–Crippen MR) is 103 cm³/mol. The highest BCUT2D eigenvalue weighted by Gasteiger charge is 2.27. The second kappa shape index (κ2) is 8.66.